The normalized spacial score (nSPS) is 21.5. The number of carbonyl (C=O) groups is 2. The SMILES string of the molecule is CC1(C(=O)O)CCCN1C(=O)CCSc1ccccc1F. The van der Waals surface area contributed by atoms with Crippen molar-refractivity contribution in [2.24, 2.45) is 0 Å². The summed E-state index contributed by atoms with van der Waals surface area (Å²) in [6.45, 7) is 2.07. The molecule has 0 radical (unpaired) electrons. The summed E-state index contributed by atoms with van der Waals surface area (Å²) >= 11 is 1.27. The molecule has 1 saturated heterocycles. The second kappa shape index (κ2) is 6.47. The lowest BCUT2D eigenvalue weighted by Crippen LogP contribution is -2.50. The molecular formula is C15H18FNO3S. The van der Waals surface area contributed by atoms with Crippen molar-refractivity contribution in [3.05, 3.63) is 30.1 Å². The minimum Gasteiger partial charge on any atom is -0.480 e. The van der Waals surface area contributed by atoms with Gasteiger partial charge in [-0.05, 0) is 31.9 Å². The Morgan fingerprint density at radius 2 is 2.14 bits per heavy atom. The second-order valence-electron chi connectivity index (χ2n) is 5.26. The maximum absolute atomic E-state index is 13.5. The highest BCUT2D eigenvalue weighted by molar-refractivity contribution is 7.99. The molecule has 1 heterocycles. The van der Waals surface area contributed by atoms with E-state index in [1.807, 2.05) is 0 Å². The molecule has 0 saturated carbocycles. The predicted octanol–water partition coefficient (Wildman–Crippen LogP) is 2.77. The highest BCUT2D eigenvalue weighted by atomic mass is 32.2. The van der Waals surface area contributed by atoms with Gasteiger partial charge in [-0.1, -0.05) is 12.1 Å². The Balaban J connectivity index is 1.91. The molecule has 1 amide bonds. The summed E-state index contributed by atoms with van der Waals surface area (Å²) in [5, 5.41) is 9.28. The molecule has 0 aliphatic carbocycles. The number of carboxylic acids is 1. The van der Waals surface area contributed by atoms with Crippen LogP contribution in [0.1, 0.15) is 26.2 Å². The van der Waals surface area contributed by atoms with Crippen molar-refractivity contribution in [2.75, 3.05) is 12.3 Å². The number of thioether (sulfide) groups is 1. The number of halogens is 1. The molecule has 0 aromatic heterocycles. The van der Waals surface area contributed by atoms with E-state index >= 15 is 0 Å². The van der Waals surface area contributed by atoms with Gasteiger partial charge in [0.1, 0.15) is 11.4 Å². The first kappa shape index (κ1) is 15.8. The maximum atomic E-state index is 13.5. The number of hydrogen-bond acceptors (Lipinski definition) is 3. The third kappa shape index (κ3) is 3.37. The summed E-state index contributed by atoms with van der Waals surface area (Å²) in [5.41, 5.74) is -1.10. The standard InChI is InChI=1S/C15H18FNO3S/c1-15(14(19)20)8-4-9-17(15)13(18)7-10-21-12-6-3-2-5-11(12)16/h2-3,5-6H,4,7-10H2,1H3,(H,19,20). The molecule has 21 heavy (non-hydrogen) atoms. The minimum absolute atomic E-state index is 0.179. The van der Waals surface area contributed by atoms with Crippen molar-refractivity contribution < 1.29 is 19.1 Å². The van der Waals surface area contributed by atoms with Crippen molar-refractivity contribution in [3.63, 3.8) is 0 Å². The van der Waals surface area contributed by atoms with Crippen LogP contribution in [0.2, 0.25) is 0 Å². The molecule has 1 fully saturated rings. The van der Waals surface area contributed by atoms with Gasteiger partial charge >= 0.3 is 5.97 Å². The Morgan fingerprint density at radius 1 is 1.43 bits per heavy atom. The van der Waals surface area contributed by atoms with E-state index in [0.717, 1.165) is 0 Å². The topological polar surface area (TPSA) is 57.6 Å². The zero-order chi connectivity index (χ0) is 15.5. The van der Waals surface area contributed by atoms with Crippen LogP contribution in [0.25, 0.3) is 0 Å². The Kier molecular flexibility index (Phi) is 4.88. The van der Waals surface area contributed by atoms with E-state index in [1.54, 1.807) is 25.1 Å². The van der Waals surface area contributed by atoms with Gasteiger partial charge in [0, 0.05) is 23.6 Å². The number of nitrogens with zero attached hydrogens (tertiary/aromatic N) is 1. The summed E-state index contributed by atoms with van der Waals surface area (Å²) in [7, 11) is 0. The van der Waals surface area contributed by atoms with Crippen LogP contribution in [0, 0.1) is 5.82 Å². The second-order valence-corrected chi connectivity index (χ2v) is 6.39. The highest BCUT2D eigenvalue weighted by Gasteiger charge is 2.45. The van der Waals surface area contributed by atoms with E-state index in [9.17, 15) is 19.1 Å². The molecule has 114 valence electrons. The first-order valence-electron chi connectivity index (χ1n) is 6.86. The molecule has 4 nitrogen and oxygen atoms in total. The predicted molar refractivity (Wildman–Crippen MR) is 78.7 cm³/mol. The molecule has 1 atom stereocenters. The summed E-state index contributed by atoms with van der Waals surface area (Å²) in [4.78, 5) is 25.5. The smallest absolute Gasteiger partial charge is 0.329 e. The van der Waals surface area contributed by atoms with Crippen LogP contribution < -0.4 is 0 Å². The maximum Gasteiger partial charge on any atom is 0.329 e. The van der Waals surface area contributed by atoms with Gasteiger partial charge < -0.3 is 10.0 Å². The number of carboxylic acid groups (broad SMARTS) is 1. The van der Waals surface area contributed by atoms with Gasteiger partial charge in [-0.15, -0.1) is 11.8 Å². The fourth-order valence-electron chi connectivity index (χ4n) is 2.53. The van der Waals surface area contributed by atoms with E-state index in [0.29, 0.717) is 30.0 Å². The van der Waals surface area contributed by atoms with Gasteiger partial charge in [-0.3, -0.25) is 4.79 Å². The van der Waals surface area contributed by atoms with Crippen LogP contribution in [-0.4, -0.2) is 39.7 Å². The van der Waals surface area contributed by atoms with Crippen LogP contribution in [0.15, 0.2) is 29.2 Å². The van der Waals surface area contributed by atoms with Gasteiger partial charge in [-0.2, -0.15) is 0 Å². The molecule has 2 rings (SSSR count). The molecular weight excluding hydrogens is 293 g/mol. The third-order valence-electron chi connectivity index (χ3n) is 3.81. The molecule has 1 aromatic rings. The summed E-state index contributed by atoms with van der Waals surface area (Å²) in [5.74, 6) is -1.01. The fraction of sp³-hybridized carbons (Fsp3) is 0.467. The van der Waals surface area contributed by atoms with Gasteiger partial charge in [-0.25, -0.2) is 9.18 Å². The molecule has 1 aliphatic rings. The first-order chi connectivity index (χ1) is 9.95. The van der Waals surface area contributed by atoms with Gasteiger partial charge in [0.15, 0.2) is 0 Å². The molecule has 0 bridgehead atoms. The molecule has 1 unspecified atom stereocenters. The quantitative estimate of drug-likeness (QED) is 0.850. The number of rotatable bonds is 5. The molecule has 6 heteroatoms. The number of likely N-dealkylation sites (tertiary alicyclic amines) is 1. The van der Waals surface area contributed by atoms with Crippen LogP contribution in [0.5, 0.6) is 0 Å². The highest BCUT2D eigenvalue weighted by Crippen LogP contribution is 2.30. The van der Waals surface area contributed by atoms with Crippen LogP contribution in [0.4, 0.5) is 4.39 Å². The number of carbonyl (C=O) groups excluding carboxylic acids is 1. The van der Waals surface area contributed by atoms with Crippen molar-refractivity contribution >= 4 is 23.6 Å². The number of benzene rings is 1. The largest absolute Gasteiger partial charge is 0.480 e. The zero-order valence-corrected chi connectivity index (χ0v) is 12.7. The number of amides is 1. The van der Waals surface area contributed by atoms with Crippen molar-refractivity contribution in [1.29, 1.82) is 0 Å². The Morgan fingerprint density at radius 3 is 2.81 bits per heavy atom. The minimum atomic E-state index is -1.10. The molecule has 1 aromatic carbocycles. The van der Waals surface area contributed by atoms with Crippen LogP contribution in [-0.2, 0) is 9.59 Å². The lowest BCUT2D eigenvalue weighted by atomic mass is 9.99. The average Bonchev–Trinajstić information content (AvgIpc) is 2.84. The Bertz CT molecular complexity index is 551. The van der Waals surface area contributed by atoms with E-state index in [4.69, 9.17) is 0 Å². The van der Waals surface area contributed by atoms with E-state index in [1.165, 1.54) is 22.7 Å². The van der Waals surface area contributed by atoms with E-state index < -0.39 is 11.5 Å². The molecule has 0 spiro atoms. The molecule has 1 N–H and O–H groups in total. The van der Waals surface area contributed by atoms with Gasteiger partial charge in [0.2, 0.25) is 5.91 Å². The summed E-state index contributed by atoms with van der Waals surface area (Å²) < 4.78 is 13.5. The fourth-order valence-corrected chi connectivity index (χ4v) is 3.41. The lowest BCUT2D eigenvalue weighted by Gasteiger charge is -2.31. The van der Waals surface area contributed by atoms with Gasteiger partial charge in [0.25, 0.3) is 0 Å². The first-order valence-corrected chi connectivity index (χ1v) is 7.85. The van der Waals surface area contributed by atoms with Crippen LogP contribution in [0.3, 0.4) is 0 Å². The van der Waals surface area contributed by atoms with E-state index in [2.05, 4.69) is 0 Å². The van der Waals surface area contributed by atoms with Crippen LogP contribution >= 0.6 is 11.8 Å². The van der Waals surface area contributed by atoms with Crippen molar-refractivity contribution in [1.82, 2.24) is 4.90 Å². The monoisotopic (exact) mass is 311 g/mol. The number of hydrogen-bond donors (Lipinski definition) is 1. The van der Waals surface area contributed by atoms with Gasteiger partial charge in [0.05, 0.1) is 0 Å². The number of aliphatic carboxylic acids is 1. The summed E-state index contributed by atoms with van der Waals surface area (Å²) in [6.07, 6.45) is 1.39. The summed E-state index contributed by atoms with van der Waals surface area (Å²) in [6, 6.07) is 6.41. The average molecular weight is 311 g/mol. The van der Waals surface area contributed by atoms with Crippen molar-refractivity contribution in [2.45, 2.75) is 36.6 Å². The molecule has 1 aliphatic heterocycles. The lowest BCUT2D eigenvalue weighted by molar-refractivity contribution is -0.155. The third-order valence-corrected chi connectivity index (χ3v) is 4.86. The van der Waals surface area contributed by atoms with Crippen molar-refractivity contribution in [3.8, 4) is 0 Å². The zero-order valence-electron chi connectivity index (χ0n) is 11.8. The Labute approximate surface area is 127 Å². The van der Waals surface area contributed by atoms with E-state index in [-0.39, 0.29) is 18.1 Å². The Hall–Kier alpha value is -1.56.